The molecule has 4 heteroatoms. The van der Waals surface area contributed by atoms with E-state index in [4.69, 9.17) is 10.5 Å². The Morgan fingerprint density at radius 2 is 2.21 bits per heavy atom. The monoisotopic (exact) mass is 264 g/mol. The van der Waals surface area contributed by atoms with Gasteiger partial charge in [-0.3, -0.25) is 4.98 Å². The van der Waals surface area contributed by atoms with Gasteiger partial charge in [0.25, 0.3) is 0 Å². The number of hydrogen-bond donors (Lipinski definition) is 2. The zero-order valence-corrected chi connectivity index (χ0v) is 11.8. The number of nitrogens with zero attached hydrogens (tertiary/aromatic N) is 1. The Morgan fingerprint density at radius 3 is 2.79 bits per heavy atom. The lowest BCUT2D eigenvalue weighted by Crippen LogP contribution is -2.43. The highest BCUT2D eigenvalue weighted by molar-refractivity contribution is 5.46. The van der Waals surface area contributed by atoms with Crippen LogP contribution in [0.1, 0.15) is 51.2 Å². The number of hydrogen-bond acceptors (Lipinski definition) is 4. The molecule has 1 aromatic rings. The second-order valence-electron chi connectivity index (χ2n) is 5.59. The molecule has 4 nitrogen and oxygen atoms in total. The van der Waals surface area contributed by atoms with E-state index in [1.165, 1.54) is 0 Å². The lowest BCUT2D eigenvalue weighted by Gasteiger charge is -2.42. The third kappa shape index (κ3) is 2.90. The Bertz CT molecular complexity index is 414. The number of rotatable bonds is 4. The van der Waals surface area contributed by atoms with Crippen LogP contribution < -0.4 is 5.73 Å². The maximum atomic E-state index is 10.7. The Balaban J connectivity index is 2.26. The molecular weight excluding hydrogens is 240 g/mol. The highest BCUT2D eigenvalue weighted by Crippen LogP contribution is 2.44. The summed E-state index contributed by atoms with van der Waals surface area (Å²) in [5.41, 5.74) is 6.72. The van der Waals surface area contributed by atoms with Gasteiger partial charge in [-0.25, -0.2) is 0 Å². The fourth-order valence-corrected chi connectivity index (χ4v) is 2.96. The summed E-state index contributed by atoms with van der Waals surface area (Å²) in [6.45, 7) is 4.82. The summed E-state index contributed by atoms with van der Waals surface area (Å²) in [6.07, 6.45) is 6.50. The Kier molecular flexibility index (Phi) is 4.42. The van der Waals surface area contributed by atoms with Gasteiger partial charge in [0.1, 0.15) is 6.10 Å². The fraction of sp³-hybridized carbons (Fsp3) is 0.667. The average Bonchev–Trinajstić information content (AvgIpc) is 2.42. The van der Waals surface area contributed by atoms with Crippen molar-refractivity contribution in [3.05, 3.63) is 24.0 Å². The number of ether oxygens (including phenoxy) is 1. The van der Waals surface area contributed by atoms with Gasteiger partial charge >= 0.3 is 0 Å². The minimum atomic E-state index is -0.700. The van der Waals surface area contributed by atoms with E-state index in [0.29, 0.717) is 23.8 Å². The molecule has 0 spiro atoms. The largest absolute Gasteiger partial charge is 0.398 e. The minimum Gasteiger partial charge on any atom is -0.398 e. The van der Waals surface area contributed by atoms with Crippen LogP contribution in [0.25, 0.3) is 0 Å². The average molecular weight is 264 g/mol. The Hall–Kier alpha value is -1.13. The second-order valence-corrected chi connectivity index (χ2v) is 5.59. The third-order valence-corrected chi connectivity index (χ3v) is 4.23. The molecule has 1 unspecified atom stereocenters. The lowest BCUT2D eigenvalue weighted by atomic mass is 9.74. The quantitative estimate of drug-likeness (QED) is 0.877. The third-order valence-electron chi connectivity index (χ3n) is 4.23. The molecule has 3 N–H and O–H groups in total. The normalized spacial score (nSPS) is 29.1. The van der Waals surface area contributed by atoms with Gasteiger partial charge in [0.05, 0.1) is 5.60 Å². The molecule has 106 valence electrons. The first kappa shape index (κ1) is 14.3. The van der Waals surface area contributed by atoms with Crippen LogP contribution in [0.15, 0.2) is 18.5 Å². The van der Waals surface area contributed by atoms with E-state index >= 15 is 0 Å². The van der Waals surface area contributed by atoms with Gasteiger partial charge in [-0.1, -0.05) is 6.92 Å². The van der Waals surface area contributed by atoms with Gasteiger partial charge in [0, 0.05) is 30.3 Å². The topological polar surface area (TPSA) is 68.4 Å². The second kappa shape index (κ2) is 5.88. The maximum absolute atomic E-state index is 10.7. The van der Waals surface area contributed by atoms with Crippen molar-refractivity contribution in [2.75, 3.05) is 12.3 Å². The van der Waals surface area contributed by atoms with Crippen LogP contribution in [0.3, 0.4) is 0 Å². The van der Waals surface area contributed by atoms with Crippen LogP contribution in [0.2, 0.25) is 0 Å². The SMILES string of the molecule is CCOC1(C(O)c2cnccc2N)CCC(C)CC1. The minimum absolute atomic E-state index is 0.502. The van der Waals surface area contributed by atoms with Crippen LogP contribution in [0.4, 0.5) is 5.69 Å². The zero-order chi connectivity index (χ0) is 13.9. The lowest BCUT2D eigenvalue weighted by molar-refractivity contribution is -0.146. The molecular formula is C15H24N2O2. The fourth-order valence-electron chi connectivity index (χ4n) is 2.96. The van der Waals surface area contributed by atoms with Gasteiger partial charge in [-0.2, -0.15) is 0 Å². The molecule has 0 bridgehead atoms. The predicted octanol–water partition coefficient (Wildman–Crippen LogP) is 2.68. The molecule has 0 amide bonds. The molecule has 1 aliphatic carbocycles. The van der Waals surface area contributed by atoms with E-state index in [2.05, 4.69) is 11.9 Å². The summed E-state index contributed by atoms with van der Waals surface area (Å²) in [7, 11) is 0. The van der Waals surface area contributed by atoms with Crippen molar-refractivity contribution >= 4 is 5.69 Å². The highest BCUT2D eigenvalue weighted by Gasteiger charge is 2.42. The van der Waals surface area contributed by atoms with Crippen LogP contribution >= 0.6 is 0 Å². The molecule has 1 saturated carbocycles. The maximum Gasteiger partial charge on any atom is 0.111 e. The van der Waals surface area contributed by atoms with E-state index in [1.54, 1.807) is 18.5 Å². The number of anilines is 1. The van der Waals surface area contributed by atoms with Crippen LogP contribution in [-0.2, 0) is 4.74 Å². The summed E-state index contributed by atoms with van der Waals surface area (Å²) in [6, 6.07) is 1.73. The van der Waals surface area contributed by atoms with Gasteiger partial charge in [-0.05, 0) is 44.6 Å². The zero-order valence-electron chi connectivity index (χ0n) is 11.8. The molecule has 0 aliphatic heterocycles. The first-order valence-electron chi connectivity index (χ1n) is 7.10. The number of pyridine rings is 1. The summed E-state index contributed by atoms with van der Waals surface area (Å²) < 4.78 is 5.96. The van der Waals surface area contributed by atoms with Crippen molar-refractivity contribution in [3.63, 3.8) is 0 Å². The van der Waals surface area contributed by atoms with Crippen LogP contribution in [0.5, 0.6) is 0 Å². The molecule has 0 aromatic carbocycles. The van der Waals surface area contributed by atoms with E-state index in [-0.39, 0.29) is 0 Å². The van der Waals surface area contributed by atoms with Gasteiger partial charge in [0.2, 0.25) is 0 Å². The number of nitrogen functional groups attached to an aromatic ring is 1. The van der Waals surface area contributed by atoms with Crippen molar-refractivity contribution in [2.45, 2.75) is 51.2 Å². The number of aliphatic hydroxyl groups excluding tert-OH is 1. The van der Waals surface area contributed by atoms with Crippen molar-refractivity contribution < 1.29 is 9.84 Å². The molecule has 1 heterocycles. The van der Waals surface area contributed by atoms with Crippen molar-refractivity contribution in [1.82, 2.24) is 4.98 Å². The highest BCUT2D eigenvalue weighted by atomic mass is 16.5. The standard InChI is InChI=1S/C15H24N2O2/c1-3-19-15(7-4-11(2)5-8-15)14(18)12-10-17-9-6-13(12)16/h6,9-11,14,18H,3-5,7-8H2,1-2H3,(H2,16,17). The smallest absolute Gasteiger partial charge is 0.111 e. The summed E-state index contributed by atoms with van der Waals surface area (Å²) in [4.78, 5) is 4.07. The molecule has 1 atom stereocenters. The van der Waals surface area contributed by atoms with Crippen molar-refractivity contribution in [3.8, 4) is 0 Å². The Labute approximate surface area is 115 Å². The summed E-state index contributed by atoms with van der Waals surface area (Å²) >= 11 is 0. The first-order chi connectivity index (χ1) is 9.09. The van der Waals surface area contributed by atoms with Gasteiger partial charge < -0.3 is 15.6 Å². The molecule has 1 fully saturated rings. The summed E-state index contributed by atoms with van der Waals surface area (Å²) in [5.74, 6) is 0.701. The van der Waals surface area contributed by atoms with E-state index in [1.807, 2.05) is 6.92 Å². The Morgan fingerprint density at radius 1 is 1.53 bits per heavy atom. The van der Waals surface area contributed by atoms with E-state index in [0.717, 1.165) is 25.7 Å². The predicted molar refractivity (Wildman–Crippen MR) is 75.6 cm³/mol. The molecule has 1 aliphatic rings. The molecule has 1 aromatic heterocycles. The van der Waals surface area contributed by atoms with E-state index in [9.17, 15) is 5.11 Å². The summed E-state index contributed by atoms with van der Waals surface area (Å²) in [5, 5.41) is 10.7. The van der Waals surface area contributed by atoms with Gasteiger partial charge in [-0.15, -0.1) is 0 Å². The number of nitrogens with two attached hydrogens (primary N) is 1. The van der Waals surface area contributed by atoms with Gasteiger partial charge in [0.15, 0.2) is 0 Å². The van der Waals surface area contributed by atoms with Crippen LogP contribution in [-0.4, -0.2) is 22.3 Å². The first-order valence-corrected chi connectivity index (χ1v) is 7.10. The molecule has 0 radical (unpaired) electrons. The van der Waals surface area contributed by atoms with Crippen LogP contribution in [0, 0.1) is 5.92 Å². The van der Waals surface area contributed by atoms with E-state index < -0.39 is 11.7 Å². The number of aliphatic hydroxyl groups is 1. The van der Waals surface area contributed by atoms with Crippen molar-refractivity contribution in [2.24, 2.45) is 5.92 Å². The molecule has 19 heavy (non-hydrogen) atoms. The number of aromatic nitrogens is 1. The van der Waals surface area contributed by atoms with Crippen molar-refractivity contribution in [1.29, 1.82) is 0 Å². The molecule has 0 saturated heterocycles. The molecule has 2 rings (SSSR count).